The summed E-state index contributed by atoms with van der Waals surface area (Å²) in [6.07, 6.45) is -5.53. The second-order valence-electron chi connectivity index (χ2n) is 17.2. The molecule has 0 aromatic heterocycles. The third kappa shape index (κ3) is 8.34. The molecular formula is C38H69NO12. The van der Waals surface area contributed by atoms with Crippen molar-refractivity contribution in [1.82, 2.24) is 4.90 Å². The Labute approximate surface area is 305 Å². The van der Waals surface area contributed by atoms with Gasteiger partial charge in [0.15, 0.2) is 12.6 Å². The number of nitrogens with zero attached hydrogens (tertiary/aromatic N) is 1. The van der Waals surface area contributed by atoms with Crippen LogP contribution in [0.15, 0.2) is 0 Å². The van der Waals surface area contributed by atoms with Gasteiger partial charge in [-0.05, 0) is 94.2 Å². The number of hydrogen-bond acceptors (Lipinski definition) is 13. The molecule has 0 aromatic rings. The number of ether oxygens (including phenoxy) is 8. The third-order valence-electron chi connectivity index (χ3n) is 12.6. The zero-order valence-corrected chi connectivity index (χ0v) is 33.6. The molecule has 0 saturated carbocycles. The Kier molecular flexibility index (Phi) is 13.4. The highest BCUT2D eigenvalue weighted by Crippen LogP contribution is 2.50. The Morgan fingerprint density at radius 1 is 0.882 bits per heavy atom. The van der Waals surface area contributed by atoms with Crippen molar-refractivity contribution in [3.63, 3.8) is 0 Å². The molecule has 0 aromatic carbocycles. The van der Waals surface area contributed by atoms with Crippen LogP contribution in [0.3, 0.4) is 0 Å². The minimum Gasteiger partial charge on any atom is -0.459 e. The molecule has 298 valence electrons. The number of hydrogen-bond donors (Lipinski definition) is 3. The van der Waals surface area contributed by atoms with Gasteiger partial charge in [0.2, 0.25) is 0 Å². The lowest BCUT2D eigenvalue weighted by molar-refractivity contribution is -0.366. The smallest absolute Gasteiger partial charge is 0.311 e. The van der Waals surface area contributed by atoms with E-state index in [2.05, 4.69) is 6.92 Å². The predicted molar refractivity (Wildman–Crippen MR) is 189 cm³/mol. The van der Waals surface area contributed by atoms with Gasteiger partial charge in [-0.1, -0.05) is 20.8 Å². The molecule has 5 saturated heterocycles. The summed E-state index contributed by atoms with van der Waals surface area (Å²) in [5, 5.41) is 34.2. The van der Waals surface area contributed by atoms with Gasteiger partial charge < -0.3 is 58.1 Å². The number of likely N-dealkylation sites (N-methyl/N-ethyl adjacent to an activating group) is 1. The van der Waals surface area contributed by atoms with Crippen LogP contribution in [0.4, 0.5) is 0 Å². The lowest BCUT2D eigenvalue weighted by Crippen LogP contribution is -2.75. The van der Waals surface area contributed by atoms with E-state index in [1.54, 1.807) is 35.0 Å². The van der Waals surface area contributed by atoms with Crippen LogP contribution in [-0.2, 0) is 42.7 Å². The summed E-state index contributed by atoms with van der Waals surface area (Å²) in [7, 11) is 7.02. The normalized spacial score (nSPS) is 51.8. The van der Waals surface area contributed by atoms with Gasteiger partial charge in [-0.3, -0.25) is 4.79 Å². The van der Waals surface area contributed by atoms with Gasteiger partial charge in [0.25, 0.3) is 0 Å². The summed E-state index contributed by atoms with van der Waals surface area (Å²) in [6.45, 7) is 18.9. The molecule has 5 aliphatic heterocycles. The third-order valence-corrected chi connectivity index (χ3v) is 12.6. The molecular weight excluding hydrogens is 662 g/mol. The van der Waals surface area contributed by atoms with Crippen molar-refractivity contribution in [3.05, 3.63) is 0 Å². The molecule has 0 radical (unpaired) electrons. The molecule has 13 heteroatoms. The molecule has 0 unspecified atom stereocenters. The number of fused-ring (bicyclic) bond motifs is 10. The summed E-state index contributed by atoms with van der Waals surface area (Å²) in [4.78, 5) is 16.2. The zero-order chi connectivity index (χ0) is 38.4. The number of rotatable bonds is 8. The van der Waals surface area contributed by atoms with Crippen molar-refractivity contribution in [2.75, 3.05) is 28.3 Å². The van der Waals surface area contributed by atoms with Crippen LogP contribution in [0.1, 0.15) is 101 Å². The number of aliphatic hydroxyl groups excluding tert-OH is 3. The van der Waals surface area contributed by atoms with Crippen molar-refractivity contribution in [2.24, 2.45) is 17.8 Å². The number of aliphatic hydroxyl groups is 3. The lowest BCUT2D eigenvalue weighted by Gasteiger charge is -2.60. The summed E-state index contributed by atoms with van der Waals surface area (Å²) < 4.78 is 51.1. The number of carbonyl (C=O) groups is 1. The van der Waals surface area contributed by atoms with Crippen LogP contribution >= 0.6 is 0 Å². The quantitative estimate of drug-likeness (QED) is 0.313. The fourth-order valence-electron chi connectivity index (χ4n) is 9.58. The molecule has 51 heavy (non-hydrogen) atoms. The number of esters is 1. The van der Waals surface area contributed by atoms with Gasteiger partial charge in [-0.15, -0.1) is 0 Å². The minimum atomic E-state index is -1.09. The summed E-state index contributed by atoms with van der Waals surface area (Å²) in [5.74, 6) is -1.96. The first-order valence-corrected chi connectivity index (χ1v) is 18.9. The van der Waals surface area contributed by atoms with Crippen LogP contribution in [-0.4, -0.2) is 144 Å². The van der Waals surface area contributed by atoms with Crippen LogP contribution < -0.4 is 0 Å². The summed E-state index contributed by atoms with van der Waals surface area (Å²) in [6, 6.07) is -0.214. The zero-order valence-electron chi connectivity index (χ0n) is 33.6. The van der Waals surface area contributed by atoms with Crippen LogP contribution in [0.2, 0.25) is 0 Å². The van der Waals surface area contributed by atoms with E-state index in [1.807, 2.05) is 60.5 Å². The molecule has 0 amide bonds. The lowest BCUT2D eigenvalue weighted by atomic mass is 9.68. The van der Waals surface area contributed by atoms with Crippen LogP contribution in [0, 0.1) is 17.8 Å². The van der Waals surface area contributed by atoms with Gasteiger partial charge in [-0.25, -0.2) is 0 Å². The van der Waals surface area contributed by atoms with E-state index in [0.29, 0.717) is 25.7 Å². The number of methoxy groups -OCH3 is 2. The fourth-order valence-corrected chi connectivity index (χ4v) is 9.58. The van der Waals surface area contributed by atoms with Crippen LogP contribution in [0.25, 0.3) is 0 Å². The summed E-state index contributed by atoms with van der Waals surface area (Å²) in [5.41, 5.74) is -3.92. The molecule has 3 N–H and O–H groups in total. The van der Waals surface area contributed by atoms with Crippen molar-refractivity contribution in [1.29, 1.82) is 0 Å². The van der Waals surface area contributed by atoms with E-state index < -0.39 is 95.5 Å². The monoisotopic (exact) mass is 731 g/mol. The standard InChI is InChI=1S/C38H69NO12/c1-15-26-38(10)34(43)37(9,51-38)18-20(2)17-36(8,45-14)31(50-33-28(40)25(39(11)12)16-21(3)46-33)22(4)29(23(5)32(42)48-26)49-27-19-35(7,44-13)30(41)24(6)47-27/h20-31,33-34,40-41,43H,15-19H2,1-14H3/t20-,21-,22+,23-,24+,25+,26+,27-,28+,29-,30-,31+,33+,34+,35+,36-,37-,38-/m1/s1. The highest BCUT2D eigenvalue weighted by molar-refractivity contribution is 5.73. The molecule has 5 rings (SSSR count). The largest absolute Gasteiger partial charge is 0.459 e. The highest BCUT2D eigenvalue weighted by atomic mass is 16.7. The maximum Gasteiger partial charge on any atom is 0.311 e. The van der Waals surface area contributed by atoms with Gasteiger partial charge >= 0.3 is 5.97 Å². The SMILES string of the molecule is CC[C@@H]1OC(=O)[C@H](C)[C@H](O[C@@H]2C[C@](C)(OC)[C@H](O)[C@H](C)O2)[C@H](C)[C@H](O[C@@H]2O[C@H](C)C[C@H](N(C)C)[C@@H]2O)[C@](C)(OC)C[C@@H](C)C[C@@]2(C)O[C@@]1(C)[C@H]2O. The molecule has 5 heterocycles. The molecule has 0 spiro atoms. The van der Waals surface area contributed by atoms with E-state index in [4.69, 9.17) is 37.9 Å². The highest BCUT2D eigenvalue weighted by Gasteiger charge is 2.64. The van der Waals surface area contributed by atoms with Gasteiger partial charge in [0, 0.05) is 32.6 Å². The summed E-state index contributed by atoms with van der Waals surface area (Å²) >= 11 is 0. The average Bonchev–Trinajstić information content (AvgIpc) is 3.06. The van der Waals surface area contributed by atoms with E-state index in [9.17, 15) is 20.1 Å². The molecule has 5 aliphatic rings. The van der Waals surface area contributed by atoms with Gasteiger partial charge in [0.05, 0.1) is 47.1 Å². The Bertz CT molecular complexity index is 1180. The predicted octanol–water partition coefficient (Wildman–Crippen LogP) is 3.42. The first kappa shape index (κ1) is 42.8. The van der Waals surface area contributed by atoms with E-state index in [0.717, 1.165) is 0 Å². The van der Waals surface area contributed by atoms with E-state index in [1.165, 1.54) is 0 Å². The Morgan fingerprint density at radius 2 is 1.51 bits per heavy atom. The van der Waals surface area contributed by atoms with Crippen molar-refractivity contribution in [3.8, 4) is 0 Å². The molecule has 18 atom stereocenters. The molecule has 0 aliphatic carbocycles. The van der Waals surface area contributed by atoms with Crippen molar-refractivity contribution < 1.29 is 58.0 Å². The van der Waals surface area contributed by atoms with Gasteiger partial charge in [-0.2, -0.15) is 0 Å². The van der Waals surface area contributed by atoms with Crippen LogP contribution in [0.5, 0.6) is 0 Å². The maximum absolute atomic E-state index is 14.2. The Balaban J connectivity index is 1.82. The van der Waals surface area contributed by atoms with Crippen molar-refractivity contribution >= 4 is 5.97 Å². The minimum absolute atomic E-state index is 0.0168. The van der Waals surface area contributed by atoms with Gasteiger partial charge in [0.1, 0.15) is 30.0 Å². The average molecular weight is 732 g/mol. The van der Waals surface area contributed by atoms with E-state index >= 15 is 0 Å². The maximum atomic E-state index is 14.2. The first-order chi connectivity index (χ1) is 23.6. The topological polar surface area (TPSA) is 155 Å². The van der Waals surface area contributed by atoms with Crippen molar-refractivity contribution in [2.45, 2.75) is 191 Å². The molecule has 13 nitrogen and oxygen atoms in total. The first-order valence-electron chi connectivity index (χ1n) is 18.9. The van der Waals surface area contributed by atoms with E-state index in [-0.39, 0.29) is 24.5 Å². The number of carbonyl (C=O) groups excluding carboxylic acids is 1. The molecule has 2 bridgehead atoms. The Morgan fingerprint density at radius 3 is 2.06 bits per heavy atom. The molecule has 5 fully saturated rings. The Hall–Kier alpha value is -0.970. The fraction of sp³-hybridized carbons (Fsp3) is 0.974. The second-order valence-corrected chi connectivity index (χ2v) is 17.2. The second kappa shape index (κ2) is 16.0.